The number of benzene rings is 1. The molecule has 104 valence electrons. The van der Waals surface area contributed by atoms with Crippen LogP contribution in [-0.4, -0.2) is 4.98 Å². The molecule has 1 aromatic carbocycles. The van der Waals surface area contributed by atoms with Crippen LogP contribution in [0.15, 0.2) is 24.3 Å². The third-order valence-corrected chi connectivity index (χ3v) is 4.34. The lowest BCUT2D eigenvalue weighted by Crippen LogP contribution is -2.09. The molecule has 2 aromatic rings. The van der Waals surface area contributed by atoms with Crippen molar-refractivity contribution in [2.24, 2.45) is 0 Å². The van der Waals surface area contributed by atoms with Gasteiger partial charge in [0.1, 0.15) is 5.15 Å². The van der Waals surface area contributed by atoms with E-state index in [9.17, 15) is 0 Å². The molecule has 0 fully saturated rings. The number of aromatic nitrogens is 1. The molecular weight excluding hydrogens is 315 g/mol. The van der Waals surface area contributed by atoms with Crippen molar-refractivity contribution < 1.29 is 0 Å². The number of halogens is 3. The number of nitrogens with one attached hydrogen (secondary N) is 1. The predicted molar refractivity (Wildman–Crippen MR) is 85.1 cm³/mol. The van der Waals surface area contributed by atoms with Gasteiger partial charge in [-0.25, -0.2) is 4.98 Å². The van der Waals surface area contributed by atoms with Crippen molar-refractivity contribution in [3.63, 3.8) is 0 Å². The van der Waals surface area contributed by atoms with Gasteiger partial charge in [0, 0.05) is 5.02 Å². The number of pyridine rings is 1. The zero-order chi connectivity index (χ0) is 14.3. The van der Waals surface area contributed by atoms with E-state index in [1.807, 2.05) is 25.1 Å². The highest BCUT2D eigenvalue weighted by atomic mass is 35.5. The molecule has 3 rings (SSSR count). The SMILES string of the molecule is Cc1cc(Cl)nc(Cl)c1NC1CCc2cc(Cl)ccc21. The lowest BCUT2D eigenvalue weighted by atomic mass is 10.1. The number of hydrogen-bond acceptors (Lipinski definition) is 2. The van der Waals surface area contributed by atoms with E-state index in [0.717, 1.165) is 29.1 Å². The highest BCUT2D eigenvalue weighted by Gasteiger charge is 2.23. The number of rotatable bonds is 2. The Labute approximate surface area is 133 Å². The summed E-state index contributed by atoms with van der Waals surface area (Å²) < 4.78 is 0. The van der Waals surface area contributed by atoms with Crippen LogP contribution < -0.4 is 5.32 Å². The Balaban J connectivity index is 1.91. The summed E-state index contributed by atoms with van der Waals surface area (Å²) in [5, 5.41) is 5.10. The second-order valence-corrected chi connectivity index (χ2v) is 6.19. The molecule has 1 aromatic heterocycles. The zero-order valence-corrected chi connectivity index (χ0v) is 13.1. The molecule has 0 spiro atoms. The van der Waals surface area contributed by atoms with Crippen LogP contribution in [0.2, 0.25) is 15.3 Å². The van der Waals surface area contributed by atoms with Crippen LogP contribution in [0.25, 0.3) is 0 Å². The summed E-state index contributed by atoms with van der Waals surface area (Å²) in [5.74, 6) is 0. The van der Waals surface area contributed by atoms with Crippen molar-refractivity contribution in [1.29, 1.82) is 0 Å². The van der Waals surface area contributed by atoms with Gasteiger partial charge >= 0.3 is 0 Å². The first-order valence-corrected chi connectivity index (χ1v) is 7.55. The van der Waals surface area contributed by atoms with Gasteiger partial charge in [-0.1, -0.05) is 40.9 Å². The molecule has 5 heteroatoms. The Bertz CT molecular complexity index is 647. The maximum atomic E-state index is 6.19. The predicted octanol–water partition coefficient (Wildman–Crippen LogP) is 5.45. The van der Waals surface area contributed by atoms with Crippen molar-refractivity contribution in [3.05, 3.63) is 56.3 Å². The van der Waals surface area contributed by atoms with Crippen LogP contribution in [0.4, 0.5) is 5.69 Å². The van der Waals surface area contributed by atoms with Gasteiger partial charge in [0.2, 0.25) is 0 Å². The standard InChI is InChI=1S/C15H13Cl3N2/c1-8-6-13(17)20-15(18)14(8)19-12-5-2-9-7-10(16)3-4-11(9)12/h3-4,6-7,12,19H,2,5H2,1H3. The Hall–Kier alpha value is -0.960. The third kappa shape index (κ3) is 2.60. The first kappa shape index (κ1) is 14.0. The van der Waals surface area contributed by atoms with Crippen molar-refractivity contribution in [1.82, 2.24) is 4.98 Å². The number of aryl methyl sites for hydroxylation is 2. The molecule has 1 atom stereocenters. The Morgan fingerprint density at radius 2 is 2.00 bits per heavy atom. The lowest BCUT2D eigenvalue weighted by molar-refractivity contribution is 0.760. The van der Waals surface area contributed by atoms with E-state index in [2.05, 4.69) is 16.4 Å². The van der Waals surface area contributed by atoms with Gasteiger partial charge in [-0.15, -0.1) is 0 Å². The topological polar surface area (TPSA) is 24.9 Å². The van der Waals surface area contributed by atoms with E-state index in [4.69, 9.17) is 34.8 Å². The molecule has 1 unspecified atom stereocenters. The summed E-state index contributed by atoms with van der Waals surface area (Å²) in [6.45, 7) is 1.97. The molecule has 1 heterocycles. The summed E-state index contributed by atoms with van der Waals surface area (Å²) in [6.07, 6.45) is 2.04. The molecule has 20 heavy (non-hydrogen) atoms. The number of anilines is 1. The smallest absolute Gasteiger partial charge is 0.154 e. The maximum absolute atomic E-state index is 6.19. The van der Waals surface area contributed by atoms with Crippen molar-refractivity contribution >= 4 is 40.5 Å². The van der Waals surface area contributed by atoms with E-state index in [1.165, 1.54) is 11.1 Å². The average Bonchev–Trinajstić information content (AvgIpc) is 2.76. The van der Waals surface area contributed by atoms with E-state index in [0.29, 0.717) is 10.3 Å². The minimum atomic E-state index is 0.237. The molecule has 0 aliphatic heterocycles. The van der Waals surface area contributed by atoms with Crippen molar-refractivity contribution in [2.45, 2.75) is 25.8 Å². The zero-order valence-electron chi connectivity index (χ0n) is 10.9. The van der Waals surface area contributed by atoms with E-state index >= 15 is 0 Å². The average molecular weight is 328 g/mol. The maximum Gasteiger partial charge on any atom is 0.154 e. The largest absolute Gasteiger partial charge is 0.376 e. The second-order valence-electron chi connectivity index (χ2n) is 5.01. The molecule has 0 bridgehead atoms. The molecule has 0 saturated carbocycles. The fourth-order valence-corrected chi connectivity index (χ4v) is 3.46. The van der Waals surface area contributed by atoms with Gasteiger partial charge in [0.05, 0.1) is 11.7 Å². The minimum Gasteiger partial charge on any atom is -0.376 e. The fraction of sp³-hybridized carbons (Fsp3) is 0.267. The molecule has 0 radical (unpaired) electrons. The van der Waals surface area contributed by atoms with Crippen LogP contribution in [0, 0.1) is 6.92 Å². The Morgan fingerprint density at radius 1 is 1.20 bits per heavy atom. The van der Waals surface area contributed by atoms with Gasteiger partial charge in [-0.05, 0) is 54.7 Å². The summed E-state index contributed by atoms with van der Waals surface area (Å²) in [5.41, 5.74) is 4.42. The quantitative estimate of drug-likeness (QED) is 0.742. The third-order valence-electron chi connectivity index (χ3n) is 3.64. The normalized spacial score (nSPS) is 17.1. The van der Waals surface area contributed by atoms with Gasteiger partial charge in [0.15, 0.2) is 5.15 Å². The second kappa shape index (κ2) is 5.44. The Kier molecular flexibility index (Phi) is 3.80. The van der Waals surface area contributed by atoms with Crippen LogP contribution in [0.5, 0.6) is 0 Å². The molecule has 2 nitrogen and oxygen atoms in total. The van der Waals surface area contributed by atoms with E-state index in [-0.39, 0.29) is 6.04 Å². The summed E-state index contributed by atoms with van der Waals surface area (Å²) in [7, 11) is 0. The van der Waals surface area contributed by atoms with Crippen molar-refractivity contribution in [3.8, 4) is 0 Å². The summed E-state index contributed by atoms with van der Waals surface area (Å²) >= 11 is 18.1. The van der Waals surface area contributed by atoms with Crippen LogP contribution in [-0.2, 0) is 6.42 Å². The Morgan fingerprint density at radius 3 is 2.75 bits per heavy atom. The van der Waals surface area contributed by atoms with Gasteiger partial charge in [0.25, 0.3) is 0 Å². The highest BCUT2D eigenvalue weighted by molar-refractivity contribution is 6.34. The lowest BCUT2D eigenvalue weighted by Gasteiger charge is -2.18. The minimum absolute atomic E-state index is 0.237. The van der Waals surface area contributed by atoms with Gasteiger partial charge in [-0.2, -0.15) is 0 Å². The summed E-state index contributed by atoms with van der Waals surface area (Å²) in [4.78, 5) is 4.09. The van der Waals surface area contributed by atoms with Crippen LogP contribution >= 0.6 is 34.8 Å². The molecule has 1 N–H and O–H groups in total. The molecule has 0 saturated heterocycles. The van der Waals surface area contributed by atoms with Crippen LogP contribution in [0.1, 0.15) is 29.2 Å². The first-order valence-electron chi connectivity index (χ1n) is 6.42. The van der Waals surface area contributed by atoms with Gasteiger partial charge in [-0.3, -0.25) is 0 Å². The highest BCUT2D eigenvalue weighted by Crippen LogP contribution is 2.37. The molecule has 0 amide bonds. The number of fused-ring (bicyclic) bond motifs is 1. The number of hydrogen-bond donors (Lipinski definition) is 1. The van der Waals surface area contributed by atoms with E-state index in [1.54, 1.807) is 0 Å². The van der Waals surface area contributed by atoms with Crippen LogP contribution in [0.3, 0.4) is 0 Å². The molecule has 1 aliphatic rings. The van der Waals surface area contributed by atoms with Crippen molar-refractivity contribution in [2.75, 3.05) is 5.32 Å². The molecular formula is C15H13Cl3N2. The number of nitrogens with zero attached hydrogens (tertiary/aromatic N) is 1. The molecule has 1 aliphatic carbocycles. The van der Waals surface area contributed by atoms with Gasteiger partial charge < -0.3 is 5.32 Å². The first-order chi connectivity index (χ1) is 9.54. The fourth-order valence-electron chi connectivity index (χ4n) is 2.68. The summed E-state index contributed by atoms with van der Waals surface area (Å²) in [6, 6.07) is 8.09. The monoisotopic (exact) mass is 326 g/mol. The van der Waals surface area contributed by atoms with E-state index < -0.39 is 0 Å².